The van der Waals surface area contributed by atoms with Crippen LogP contribution in [-0.4, -0.2) is 46.4 Å². The zero-order valence-electron chi connectivity index (χ0n) is 17.2. The Kier molecular flexibility index (Phi) is 5.70. The molecule has 0 spiro atoms. The first-order valence-electron chi connectivity index (χ1n) is 9.71. The summed E-state index contributed by atoms with van der Waals surface area (Å²) in [5.41, 5.74) is 2.23. The third kappa shape index (κ3) is 4.28. The third-order valence-electron chi connectivity index (χ3n) is 4.97. The average molecular weight is 418 g/mol. The number of hydrogen-bond acceptors (Lipinski definition) is 6. The summed E-state index contributed by atoms with van der Waals surface area (Å²) in [4.78, 5) is 20.1. The van der Waals surface area contributed by atoms with Crippen molar-refractivity contribution >= 4 is 22.8 Å². The molecule has 31 heavy (non-hydrogen) atoms. The molecule has 0 fully saturated rings. The number of anilines is 1. The highest BCUT2D eigenvalue weighted by Gasteiger charge is 2.10. The van der Waals surface area contributed by atoms with E-state index in [2.05, 4.69) is 15.3 Å². The lowest BCUT2D eigenvalue weighted by Crippen LogP contribution is -2.09. The van der Waals surface area contributed by atoms with E-state index in [1.54, 1.807) is 38.6 Å². The molecule has 0 amide bonds. The van der Waals surface area contributed by atoms with E-state index in [0.29, 0.717) is 29.8 Å². The second-order valence-corrected chi connectivity index (χ2v) is 6.87. The quantitative estimate of drug-likeness (QED) is 0.449. The Bertz CT molecular complexity index is 1240. The minimum atomic E-state index is -0.947. The van der Waals surface area contributed by atoms with E-state index in [1.807, 2.05) is 41.1 Å². The molecule has 0 radical (unpaired) electrons. The zero-order chi connectivity index (χ0) is 21.8. The number of carboxylic acid groups (broad SMARTS) is 1. The normalized spacial score (nSPS) is 10.8. The molecule has 0 atom stereocenters. The van der Waals surface area contributed by atoms with Crippen LogP contribution in [0.4, 0.5) is 5.95 Å². The van der Waals surface area contributed by atoms with E-state index in [4.69, 9.17) is 9.47 Å². The number of aromatic carboxylic acids is 1. The van der Waals surface area contributed by atoms with Crippen LogP contribution >= 0.6 is 0 Å². The Balaban J connectivity index is 1.48. The van der Waals surface area contributed by atoms with Gasteiger partial charge in [0, 0.05) is 24.3 Å². The van der Waals surface area contributed by atoms with Crippen LogP contribution in [0.2, 0.25) is 0 Å². The first kappa shape index (κ1) is 20.2. The van der Waals surface area contributed by atoms with Crippen LogP contribution < -0.4 is 14.8 Å². The van der Waals surface area contributed by atoms with Crippen LogP contribution in [0, 0.1) is 0 Å². The molecule has 2 aromatic heterocycles. The summed E-state index contributed by atoms with van der Waals surface area (Å²) in [5, 5.41) is 13.3. The molecular formula is C23H22N4O4. The Morgan fingerprint density at radius 2 is 1.90 bits per heavy atom. The summed E-state index contributed by atoms with van der Waals surface area (Å²) in [6.45, 7) is 0.646. The summed E-state index contributed by atoms with van der Waals surface area (Å²) in [7, 11) is 3.23. The highest BCUT2D eigenvalue weighted by atomic mass is 16.5. The van der Waals surface area contributed by atoms with Gasteiger partial charge in [-0.25, -0.2) is 9.78 Å². The van der Waals surface area contributed by atoms with Crippen molar-refractivity contribution in [1.82, 2.24) is 14.5 Å². The molecule has 2 N–H and O–H groups in total. The van der Waals surface area contributed by atoms with Crippen LogP contribution in [0.5, 0.6) is 11.5 Å². The van der Waals surface area contributed by atoms with Gasteiger partial charge in [0.05, 0.1) is 25.3 Å². The van der Waals surface area contributed by atoms with Crippen molar-refractivity contribution in [2.75, 3.05) is 26.1 Å². The summed E-state index contributed by atoms with van der Waals surface area (Å²) in [5.74, 6) is 1.66. The molecule has 0 aliphatic rings. The number of nitrogens with one attached hydrogen (secondary N) is 1. The largest absolute Gasteiger partial charge is 0.493 e. The van der Waals surface area contributed by atoms with Crippen LogP contribution in [-0.2, 0) is 6.42 Å². The fraction of sp³-hybridized carbons (Fsp3) is 0.174. The first-order chi connectivity index (χ1) is 15.1. The molecule has 0 aliphatic heterocycles. The van der Waals surface area contributed by atoms with E-state index in [1.165, 1.54) is 0 Å². The minimum Gasteiger partial charge on any atom is -0.493 e. The molecular weight excluding hydrogens is 396 g/mol. The van der Waals surface area contributed by atoms with Gasteiger partial charge in [0.1, 0.15) is 5.82 Å². The maximum atomic E-state index is 11.2. The summed E-state index contributed by atoms with van der Waals surface area (Å²) in [6, 6.07) is 14.5. The van der Waals surface area contributed by atoms with Crippen LogP contribution in [0.3, 0.4) is 0 Å². The topological polar surface area (TPSA) is 98.5 Å². The van der Waals surface area contributed by atoms with Gasteiger partial charge in [0.2, 0.25) is 5.95 Å². The Morgan fingerprint density at radius 1 is 1.06 bits per heavy atom. The zero-order valence-corrected chi connectivity index (χ0v) is 17.2. The fourth-order valence-corrected chi connectivity index (χ4v) is 3.40. The van der Waals surface area contributed by atoms with Crippen molar-refractivity contribution in [3.05, 3.63) is 72.1 Å². The van der Waals surface area contributed by atoms with E-state index < -0.39 is 5.97 Å². The number of carbonyl (C=O) groups is 1. The summed E-state index contributed by atoms with van der Waals surface area (Å²) >= 11 is 0. The molecule has 4 rings (SSSR count). The standard InChI is InChI=1S/C23H22N4O4/c1-30-19-6-3-15(13-20(19)31-2)7-10-24-23-25-11-8-21(26-23)27-12-9-16-14-17(22(28)29)4-5-18(16)27/h3-6,8-9,11-14H,7,10H2,1-2H3,(H,28,29)(H,24,25,26). The van der Waals surface area contributed by atoms with Crippen LogP contribution in [0.25, 0.3) is 16.7 Å². The highest BCUT2D eigenvalue weighted by Crippen LogP contribution is 2.27. The smallest absolute Gasteiger partial charge is 0.335 e. The number of fused-ring (bicyclic) bond motifs is 1. The van der Waals surface area contributed by atoms with Gasteiger partial charge in [-0.3, -0.25) is 0 Å². The molecule has 4 aromatic rings. The van der Waals surface area contributed by atoms with Crippen LogP contribution in [0.1, 0.15) is 15.9 Å². The number of methoxy groups -OCH3 is 2. The van der Waals surface area contributed by atoms with Gasteiger partial charge in [0.25, 0.3) is 0 Å². The molecule has 0 aliphatic carbocycles. The lowest BCUT2D eigenvalue weighted by Gasteiger charge is -2.11. The predicted molar refractivity (Wildman–Crippen MR) is 118 cm³/mol. The Morgan fingerprint density at radius 3 is 2.68 bits per heavy atom. The first-order valence-corrected chi connectivity index (χ1v) is 9.71. The van der Waals surface area contributed by atoms with Gasteiger partial charge in [-0.15, -0.1) is 0 Å². The van der Waals surface area contributed by atoms with Gasteiger partial charge in [0.15, 0.2) is 11.5 Å². The Hall–Kier alpha value is -4.07. The molecule has 158 valence electrons. The molecule has 0 saturated heterocycles. The SMILES string of the molecule is COc1ccc(CCNc2nccc(-n3ccc4cc(C(=O)O)ccc43)n2)cc1OC. The molecule has 2 heterocycles. The van der Waals surface area contributed by atoms with Gasteiger partial charge in [-0.05, 0) is 54.4 Å². The van der Waals surface area contributed by atoms with Crippen molar-refractivity contribution in [3.63, 3.8) is 0 Å². The fourth-order valence-electron chi connectivity index (χ4n) is 3.40. The number of rotatable bonds is 8. The van der Waals surface area contributed by atoms with Crippen molar-refractivity contribution in [1.29, 1.82) is 0 Å². The number of benzene rings is 2. The van der Waals surface area contributed by atoms with E-state index in [0.717, 1.165) is 22.9 Å². The average Bonchev–Trinajstić information content (AvgIpc) is 3.22. The number of carboxylic acids is 1. The highest BCUT2D eigenvalue weighted by molar-refractivity contribution is 5.94. The van der Waals surface area contributed by atoms with Gasteiger partial charge in [-0.2, -0.15) is 4.98 Å². The maximum Gasteiger partial charge on any atom is 0.335 e. The number of aromatic nitrogens is 3. The number of ether oxygens (including phenoxy) is 2. The summed E-state index contributed by atoms with van der Waals surface area (Å²) < 4.78 is 12.5. The van der Waals surface area contributed by atoms with E-state index >= 15 is 0 Å². The summed E-state index contributed by atoms with van der Waals surface area (Å²) in [6.07, 6.45) is 4.32. The van der Waals surface area contributed by atoms with Crippen LogP contribution in [0.15, 0.2) is 60.9 Å². The Labute approximate surface area is 179 Å². The van der Waals surface area contributed by atoms with Gasteiger partial charge in [-0.1, -0.05) is 6.07 Å². The van der Waals surface area contributed by atoms with Crippen molar-refractivity contribution in [2.24, 2.45) is 0 Å². The van der Waals surface area contributed by atoms with Gasteiger partial charge < -0.3 is 24.5 Å². The second kappa shape index (κ2) is 8.74. The second-order valence-electron chi connectivity index (χ2n) is 6.87. The van der Waals surface area contributed by atoms with Gasteiger partial charge >= 0.3 is 5.97 Å². The number of nitrogens with zero attached hydrogens (tertiary/aromatic N) is 3. The van der Waals surface area contributed by atoms with E-state index in [-0.39, 0.29) is 5.56 Å². The molecule has 8 nitrogen and oxygen atoms in total. The van der Waals surface area contributed by atoms with Crippen molar-refractivity contribution in [3.8, 4) is 17.3 Å². The molecule has 0 unspecified atom stereocenters. The van der Waals surface area contributed by atoms with Crippen molar-refractivity contribution < 1.29 is 19.4 Å². The molecule has 0 saturated carbocycles. The minimum absolute atomic E-state index is 0.255. The molecule has 0 bridgehead atoms. The molecule has 2 aromatic carbocycles. The monoisotopic (exact) mass is 418 g/mol. The lowest BCUT2D eigenvalue weighted by molar-refractivity contribution is 0.0697. The third-order valence-corrected chi connectivity index (χ3v) is 4.97. The van der Waals surface area contributed by atoms with Crippen molar-refractivity contribution in [2.45, 2.75) is 6.42 Å². The van der Waals surface area contributed by atoms with E-state index in [9.17, 15) is 9.90 Å². The predicted octanol–water partition coefficient (Wildman–Crippen LogP) is 3.79. The molecule has 8 heteroatoms. The maximum absolute atomic E-state index is 11.2. The lowest BCUT2D eigenvalue weighted by atomic mass is 10.1. The number of hydrogen-bond donors (Lipinski definition) is 2.